The molecule has 0 spiro atoms. The lowest BCUT2D eigenvalue weighted by atomic mass is 9.99. The normalized spacial score (nSPS) is 11.8. The van der Waals surface area contributed by atoms with Crippen LogP contribution in [0.3, 0.4) is 0 Å². The fourth-order valence-corrected chi connectivity index (χ4v) is 5.63. The fourth-order valence-electron chi connectivity index (χ4n) is 5.63. The summed E-state index contributed by atoms with van der Waals surface area (Å²) in [5.41, 5.74) is 9.62. The van der Waals surface area contributed by atoms with Gasteiger partial charge in [0.1, 0.15) is 6.33 Å². The van der Waals surface area contributed by atoms with Crippen LogP contribution in [-0.2, 0) is 6.42 Å². The van der Waals surface area contributed by atoms with E-state index in [0.717, 1.165) is 50.8 Å². The van der Waals surface area contributed by atoms with Crippen molar-refractivity contribution in [3.8, 4) is 56.7 Å². The van der Waals surface area contributed by atoms with Crippen molar-refractivity contribution in [2.45, 2.75) is 6.42 Å². The average molecular weight is 526 g/mol. The summed E-state index contributed by atoms with van der Waals surface area (Å²) in [4.78, 5) is 24.0. The molecule has 0 fully saturated rings. The van der Waals surface area contributed by atoms with Crippen LogP contribution >= 0.6 is 0 Å². The van der Waals surface area contributed by atoms with Gasteiger partial charge in [-0.25, -0.2) is 24.9 Å². The van der Waals surface area contributed by atoms with E-state index in [4.69, 9.17) is 19.9 Å². The van der Waals surface area contributed by atoms with Gasteiger partial charge in [0.25, 0.3) is 0 Å². The van der Waals surface area contributed by atoms with Crippen molar-refractivity contribution in [2.75, 3.05) is 0 Å². The molecule has 7 aromatic rings. The van der Waals surface area contributed by atoms with Gasteiger partial charge < -0.3 is 0 Å². The first-order valence-corrected chi connectivity index (χ1v) is 13.6. The first-order valence-electron chi connectivity index (χ1n) is 13.6. The van der Waals surface area contributed by atoms with Gasteiger partial charge >= 0.3 is 0 Å². The van der Waals surface area contributed by atoms with Crippen LogP contribution in [0, 0.1) is 0 Å². The minimum absolute atomic E-state index is 0.642. The highest BCUT2D eigenvalue weighted by Crippen LogP contribution is 2.39. The maximum atomic E-state index is 4.91. The van der Waals surface area contributed by atoms with Gasteiger partial charge in [-0.1, -0.05) is 109 Å². The molecule has 0 saturated heterocycles. The summed E-state index contributed by atoms with van der Waals surface area (Å²) >= 11 is 0. The van der Waals surface area contributed by atoms with Gasteiger partial charge in [0.15, 0.2) is 17.5 Å². The smallest absolute Gasteiger partial charge is 0.164 e. The lowest BCUT2D eigenvalue weighted by molar-refractivity contribution is 1.07. The molecule has 192 valence electrons. The lowest BCUT2D eigenvalue weighted by Crippen LogP contribution is -2.00. The summed E-state index contributed by atoms with van der Waals surface area (Å²) in [6, 6.07) is 41.5. The van der Waals surface area contributed by atoms with Gasteiger partial charge in [0.05, 0.1) is 11.4 Å². The fraction of sp³-hybridized carbons (Fsp3) is 0.0278. The summed E-state index contributed by atoms with van der Waals surface area (Å²) in [6.07, 6.45) is 2.52. The molecule has 5 nitrogen and oxygen atoms in total. The van der Waals surface area contributed by atoms with Crippen LogP contribution in [0.2, 0.25) is 0 Å². The van der Waals surface area contributed by atoms with Crippen LogP contribution in [0.25, 0.3) is 67.5 Å². The van der Waals surface area contributed by atoms with Crippen molar-refractivity contribution >= 4 is 10.8 Å². The van der Waals surface area contributed by atoms with Crippen molar-refractivity contribution < 1.29 is 0 Å². The summed E-state index contributed by atoms with van der Waals surface area (Å²) in [5, 5.41) is 2.25. The zero-order valence-electron chi connectivity index (χ0n) is 22.1. The SMILES string of the molecule is c1ccc(-c2nc(-c3ccccc3)nc(-c3ccc4ccc(-c5ncnc6c5Cc5ccccc5-6)cc4c3)n2)cc1. The largest absolute Gasteiger partial charge is 0.236 e. The Bertz CT molecular complexity index is 2010. The van der Waals surface area contributed by atoms with Crippen LogP contribution in [0.5, 0.6) is 0 Å². The molecule has 0 saturated carbocycles. The van der Waals surface area contributed by atoms with Crippen molar-refractivity contribution in [1.82, 2.24) is 24.9 Å². The molecule has 2 aromatic heterocycles. The van der Waals surface area contributed by atoms with Crippen LogP contribution in [-0.4, -0.2) is 24.9 Å². The Labute approximate surface area is 237 Å². The molecular weight excluding hydrogens is 502 g/mol. The lowest BCUT2D eigenvalue weighted by Gasteiger charge is -2.10. The number of aromatic nitrogens is 5. The van der Waals surface area contributed by atoms with E-state index in [9.17, 15) is 0 Å². The van der Waals surface area contributed by atoms with Crippen LogP contribution < -0.4 is 0 Å². The predicted molar refractivity (Wildman–Crippen MR) is 163 cm³/mol. The first-order chi connectivity index (χ1) is 20.3. The number of nitrogens with zero attached hydrogens (tertiary/aromatic N) is 5. The van der Waals surface area contributed by atoms with Crippen molar-refractivity contribution in [1.29, 1.82) is 0 Å². The van der Waals surface area contributed by atoms with Gasteiger partial charge in [0, 0.05) is 39.8 Å². The van der Waals surface area contributed by atoms with Crippen LogP contribution in [0.15, 0.2) is 128 Å². The highest BCUT2D eigenvalue weighted by molar-refractivity contribution is 5.91. The molecule has 41 heavy (non-hydrogen) atoms. The molecule has 2 heterocycles. The zero-order chi connectivity index (χ0) is 27.2. The monoisotopic (exact) mass is 525 g/mol. The molecule has 0 N–H and O–H groups in total. The number of hydrogen-bond acceptors (Lipinski definition) is 5. The first kappa shape index (κ1) is 23.3. The topological polar surface area (TPSA) is 64.5 Å². The van der Waals surface area contributed by atoms with E-state index in [0.29, 0.717) is 17.5 Å². The quantitative estimate of drug-likeness (QED) is 0.233. The van der Waals surface area contributed by atoms with E-state index in [1.165, 1.54) is 16.7 Å². The summed E-state index contributed by atoms with van der Waals surface area (Å²) in [7, 11) is 0. The summed E-state index contributed by atoms with van der Waals surface area (Å²) < 4.78 is 0. The Kier molecular flexibility index (Phi) is 5.45. The van der Waals surface area contributed by atoms with Crippen molar-refractivity contribution in [3.63, 3.8) is 0 Å². The minimum atomic E-state index is 0.642. The van der Waals surface area contributed by atoms with Gasteiger partial charge in [-0.2, -0.15) is 0 Å². The van der Waals surface area contributed by atoms with Crippen LogP contribution in [0.1, 0.15) is 11.1 Å². The molecule has 0 aliphatic heterocycles. The Morgan fingerprint density at radius 2 is 1.00 bits per heavy atom. The number of fused-ring (bicyclic) bond motifs is 4. The molecule has 8 rings (SSSR count). The van der Waals surface area contributed by atoms with Gasteiger partial charge in [-0.3, -0.25) is 0 Å². The van der Waals surface area contributed by atoms with E-state index >= 15 is 0 Å². The summed E-state index contributed by atoms with van der Waals surface area (Å²) in [5.74, 6) is 1.95. The third kappa shape index (κ3) is 4.15. The van der Waals surface area contributed by atoms with E-state index in [-0.39, 0.29) is 0 Å². The Morgan fingerprint density at radius 1 is 0.439 bits per heavy atom. The Balaban J connectivity index is 1.25. The third-order valence-corrected chi connectivity index (χ3v) is 7.66. The van der Waals surface area contributed by atoms with Gasteiger partial charge in [-0.05, 0) is 28.5 Å². The standard InChI is InChI=1S/C36H23N5/c1-3-9-24(10-4-1)34-39-35(25-11-5-2-6-12-25)41-36(40-34)28-18-16-23-15-17-27(19-29(23)20-28)32-31-21-26-13-7-8-14-30(26)33(31)38-22-37-32/h1-20,22H,21H2. The second-order valence-electron chi connectivity index (χ2n) is 10.2. The number of benzene rings is 5. The van der Waals surface area contributed by atoms with Gasteiger partial charge in [-0.15, -0.1) is 0 Å². The van der Waals surface area contributed by atoms with Crippen molar-refractivity contribution in [3.05, 3.63) is 139 Å². The molecule has 5 aromatic carbocycles. The molecule has 5 heteroatoms. The van der Waals surface area contributed by atoms with E-state index < -0.39 is 0 Å². The van der Waals surface area contributed by atoms with Crippen LogP contribution in [0.4, 0.5) is 0 Å². The summed E-state index contributed by atoms with van der Waals surface area (Å²) in [6.45, 7) is 0. The van der Waals surface area contributed by atoms with E-state index in [1.807, 2.05) is 60.7 Å². The zero-order valence-corrected chi connectivity index (χ0v) is 22.1. The predicted octanol–water partition coefficient (Wildman–Crippen LogP) is 8.05. The molecule has 0 bridgehead atoms. The highest BCUT2D eigenvalue weighted by atomic mass is 15.0. The maximum Gasteiger partial charge on any atom is 0.164 e. The Morgan fingerprint density at radius 3 is 1.71 bits per heavy atom. The molecule has 0 atom stereocenters. The number of hydrogen-bond donors (Lipinski definition) is 0. The maximum absolute atomic E-state index is 4.91. The molecule has 1 aliphatic carbocycles. The van der Waals surface area contributed by atoms with E-state index in [2.05, 4.69) is 65.6 Å². The molecule has 0 unspecified atom stereocenters. The highest BCUT2D eigenvalue weighted by Gasteiger charge is 2.23. The average Bonchev–Trinajstić information content (AvgIpc) is 3.44. The minimum Gasteiger partial charge on any atom is -0.236 e. The number of rotatable bonds is 4. The third-order valence-electron chi connectivity index (χ3n) is 7.66. The van der Waals surface area contributed by atoms with Crippen molar-refractivity contribution in [2.24, 2.45) is 0 Å². The second kappa shape index (κ2) is 9.57. The molecule has 0 radical (unpaired) electrons. The molecule has 1 aliphatic rings. The second-order valence-corrected chi connectivity index (χ2v) is 10.2. The van der Waals surface area contributed by atoms with E-state index in [1.54, 1.807) is 6.33 Å². The Hall–Kier alpha value is -5.55. The van der Waals surface area contributed by atoms with Gasteiger partial charge in [0.2, 0.25) is 0 Å². The molecular formula is C36H23N5. The molecule has 0 amide bonds.